The molecule has 3 heterocycles. The summed E-state index contributed by atoms with van der Waals surface area (Å²) in [6.07, 6.45) is 5.37. The predicted octanol–water partition coefficient (Wildman–Crippen LogP) is 3.18. The van der Waals surface area contributed by atoms with Gasteiger partial charge in [-0.15, -0.1) is 0 Å². The number of hydrogen-bond donors (Lipinski definition) is 1. The molecule has 1 aliphatic rings. The first-order chi connectivity index (χ1) is 14.3. The van der Waals surface area contributed by atoms with Crippen LogP contribution in [0.2, 0.25) is 0 Å². The predicted molar refractivity (Wildman–Crippen MR) is 112 cm³/mol. The maximum Gasteiger partial charge on any atom is 0.291 e. The van der Waals surface area contributed by atoms with Crippen LogP contribution in [0.15, 0.2) is 52.0 Å². The van der Waals surface area contributed by atoms with Crippen LogP contribution in [0.5, 0.6) is 0 Å². The van der Waals surface area contributed by atoms with Gasteiger partial charge in [0.15, 0.2) is 5.76 Å². The zero-order valence-electron chi connectivity index (χ0n) is 17.0. The standard InChI is InChI=1S/C21H24N4O4S/c1-15-20(30(27,28)25-10-3-4-11-25)13-19(29-15)21(26)23-18-7-5-17(6-8-18)14-24-12-9-22-16(24)2/h5-9,12-13H,3-4,10-11,14H2,1-2H3,(H,23,26). The molecule has 30 heavy (non-hydrogen) atoms. The lowest BCUT2D eigenvalue weighted by atomic mass is 10.2. The molecule has 0 atom stereocenters. The summed E-state index contributed by atoms with van der Waals surface area (Å²) in [5.74, 6) is 0.640. The van der Waals surface area contributed by atoms with Crippen LogP contribution in [0.1, 0.15) is 40.5 Å². The topological polar surface area (TPSA) is 97.4 Å². The van der Waals surface area contributed by atoms with Gasteiger partial charge in [0.1, 0.15) is 16.5 Å². The third kappa shape index (κ3) is 4.03. The average Bonchev–Trinajstić information content (AvgIpc) is 3.46. The Kier molecular flexibility index (Phi) is 5.48. The van der Waals surface area contributed by atoms with E-state index in [0.29, 0.717) is 25.3 Å². The molecule has 158 valence electrons. The van der Waals surface area contributed by atoms with Crippen molar-refractivity contribution in [2.24, 2.45) is 0 Å². The zero-order valence-corrected chi connectivity index (χ0v) is 17.8. The summed E-state index contributed by atoms with van der Waals surface area (Å²) in [5.41, 5.74) is 1.67. The van der Waals surface area contributed by atoms with Crippen LogP contribution >= 0.6 is 0 Å². The number of nitrogens with zero attached hydrogens (tertiary/aromatic N) is 3. The fourth-order valence-electron chi connectivity index (χ4n) is 3.55. The Bertz CT molecular complexity index is 1160. The fourth-order valence-corrected chi connectivity index (χ4v) is 5.23. The Labute approximate surface area is 175 Å². The van der Waals surface area contributed by atoms with Crippen LogP contribution in [0.3, 0.4) is 0 Å². The molecular formula is C21H24N4O4S. The van der Waals surface area contributed by atoms with E-state index in [9.17, 15) is 13.2 Å². The van der Waals surface area contributed by atoms with Crippen molar-refractivity contribution in [1.29, 1.82) is 0 Å². The summed E-state index contributed by atoms with van der Waals surface area (Å²) in [6, 6.07) is 8.76. The molecule has 3 aromatic rings. The molecule has 0 saturated carbocycles. The molecule has 8 nitrogen and oxygen atoms in total. The summed E-state index contributed by atoms with van der Waals surface area (Å²) >= 11 is 0. The van der Waals surface area contributed by atoms with Gasteiger partial charge in [0, 0.05) is 43.8 Å². The van der Waals surface area contributed by atoms with Crippen LogP contribution in [0, 0.1) is 13.8 Å². The van der Waals surface area contributed by atoms with E-state index in [1.54, 1.807) is 25.3 Å². The van der Waals surface area contributed by atoms with E-state index in [1.165, 1.54) is 10.4 Å². The monoisotopic (exact) mass is 428 g/mol. The second kappa shape index (κ2) is 8.08. The van der Waals surface area contributed by atoms with Gasteiger partial charge in [0.2, 0.25) is 10.0 Å². The number of hydrogen-bond acceptors (Lipinski definition) is 5. The number of rotatable bonds is 6. The maximum atomic E-state index is 12.8. The summed E-state index contributed by atoms with van der Waals surface area (Å²) in [6.45, 7) is 5.19. The number of amides is 1. The van der Waals surface area contributed by atoms with Crippen molar-refractivity contribution >= 4 is 21.6 Å². The number of aromatic nitrogens is 2. The van der Waals surface area contributed by atoms with Gasteiger partial charge in [-0.3, -0.25) is 4.79 Å². The van der Waals surface area contributed by atoms with Crippen molar-refractivity contribution in [2.45, 2.75) is 38.1 Å². The molecule has 0 aliphatic carbocycles. The first-order valence-electron chi connectivity index (χ1n) is 9.83. The van der Waals surface area contributed by atoms with Crippen LogP contribution < -0.4 is 5.32 Å². The third-order valence-corrected chi connectivity index (χ3v) is 7.27. The minimum Gasteiger partial charge on any atom is -0.455 e. The van der Waals surface area contributed by atoms with Crippen LogP contribution in [-0.2, 0) is 16.6 Å². The first-order valence-corrected chi connectivity index (χ1v) is 11.3. The molecule has 1 N–H and O–H groups in total. The molecule has 1 fully saturated rings. The molecular weight excluding hydrogens is 404 g/mol. The molecule has 0 radical (unpaired) electrons. The zero-order chi connectivity index (χ0) is 21.3. The highest BCUT2D eigenvalue weighted by Gasteiger charge is 2.31. The van der Waals surface area contributed by atoms with Crippen LogP contribution in [0.25, 0.3) is 0 Å². The van der Waals surface area contributed by atoms with E-state index in [0.717, 1.165) is 24.2 Å². The summed E-state index contributed by atoms with van der Waals surface area (Å²) in [5, 5.41) is 2.76. The molecule has 0 unspecified atom stereocenters. The highest BCUT2D eigenvalue weighted by molar-refractivity contribution is 7.89. The van der Waals surface area contributed by atoms with Crippen molar-refractivity contribution in [1.82, 2.24) is 13.9 Å². The number of furan rings is 1. The lowest BCUT2D eigenvalue weighted by Gasteiger charge is -2.14. The Hall–Kier alpha value is -2.91. The second-order valence-electron chi connectivity index (χ2n) is 7.40. The second-order valence-corrected chi connectivity index (χ2v) is 9.30. The molecule has 1 aliphatic heterocycles. The van der Waals surface area contributed by atoms with Crippen molar-refractivity contribution in [3.8, 4) is 0 Å². The lowest BCUT2D eigenvalue weighted by Crippen LogP contribution is -2.28. The van der Waals surface area contributed by atoms with E-state index >= 15 is 0 Å². The van der Waals surface area contributed by atoms with Crippen molar-refractivity contribution in [3.05, 3.63) is 65.6 Å². The SMILES string of the molecule is Cc1oc(C(=O)Nc2ccc(Cn3ccnc3C)cc2)cc1S(=O)(=O)N1CCCC1. The molecule has 1 amide bonds. The van der Waals surface area contributed by atoms with Crippen LogP contribution in [-0.4, -0.2) is 41.3 Å². The van der Waals surface area contributed by atoms with Crippen molar-refractivity contribution < 1.29 is 17.6 Å². The quantitative estimate of drug-likeness (QED) is 0.650. The molecule has 0 spiro atoms. The average molecular weight is 429 g/mol. The van der Waals surface area contributed by atoms with Gasteiger partial charge in [-0.25, -0.2) is 13.4 Å². The number of benzene rings is 1. The molecule has 4 rings (SSSR count). The van der Waals surface area contributed by atoms with Gasteiger partial charge in [0.25, 0.3) is 5.91 Å². The molecule has 1 saturated heterocycles. The van der Waals surface area contributed by atoms with Gasteiger partial charge in [-0.2, -0.15) is 4.31 Å². The molecule has 2 aromatic heterocycles. The number of aryl methyl sites for hydroxylation is 2. The number of carbonyl (C=O) groups is 1. The number of imidazole rings is 1. The highest BCUT2D eigenvalue weighted by Crippen LogP contribution is 2.27. The number of anilines is 1. The van der Waals surface area contributed by atoms with Gasteiger partial charge in [0.05, 0.1) is 0 Å². The first kappa shape index (κ1) is 20.4. The number of sulfonamides is 1. The van der Waals surface area contributed by atoms with Gasteiger partial charge < -0.3 is 14.3 Å². The third-order valence-electron chi connectivity index (χ3n) is 5.27. The minimum absolute atomic E-state index is 0.0246. The van der Waals surface area contributed by atoms with Crippen LogP contribution in [0.4, 0.5) is 5.69 Å². The highest BCUT2D eigenvalue weighted by atomic mass is 32.2. The largest absolute Gasteiger partial charge is 0.455 e. The van der Waals surface area contributed by atoms with Gasteiger partial charge in [-0.05, 0) is 44.4 Å². The normalized spacial score (nSPS) is 14.9. The number of nitrogens with one attached hydrogen (secondary N) is 1. The Balaban J connectivity index is 1.46. The summed E-state index contributed by atoms with van der Waals surface area (Å²) < 4.78 is 34.5. The lowest BCUT2D eigenvalue weighted by molar-refractivity contribution is 0.0995. The van der Waals surface area contributed by atoms with E-state index in [4.69, 9.17) is 4.42 Å². The van der Waals surface area contributed by atoms with E-state index in [1.807, 2.05) is 29.8 Å². The Morgan fingerprint density at radius 3 is 2.50 bits per heavy atom. The molecule has 0 bridgehead atoms. The van der Waals surface area contributed by atoms with Gasteiger partial charge in [-0.1, -0.05) is 12.1 Å². The van der Waals surface area contributed by atoms with Crippen molar-refractivity contribution in [2.75, 3.05) is 18.4 Å². The molecule has 9 heteroatoms. The summed E-state index contributed by atoms with van der Waals surface area (Å²) in [7, 11) is -3.64. The Morgan fingerprint density at radius 1 is 1.17 bits per heavy atom. The van der Waals surface area contributed by atoms with Gasteiger partial charge >= 0.3 is 0 Å². The summed E-state index contributed by atoms with van der Waals surface area (Å²) in [4.78, 5) is 16.8. The minimum atomic E-state index is -3.64. The Morgan fingerprint density at radius 2 is 1.87 bits per heavy atom. The van der Waals surface area contributed by atoms with Crippen molar-refractivity contribution in [3.63, 3.8) is 0 Å². The van der Waals surface area contributed by atoms with E-state index in [2.05, 4.69) is 10.3 Å². The van der Waals surface area contributed by atoms with E-state index < -0.39 is 15.9 Å². The molecule has 1 aromatic carbocycles. The smallest absolute Gasteiger partial charge is 0.291 e. The fraction of sp³-hybridized carbons (Fsp3) is 0.333. The van der Waals surface area contributed by atoms with E-state index in [-0.39, 0.29) is 16.4 Å². The maximum absolute atomic E-state index is 12.8. The number of carbonyl (C=O) groups excluding carboxylic acids is 1.